The number of ether oxygens (including phenoxy) is 1. The molecule has 2 N–H and O–H groups in total. The molecule has 0 fully saturated rings. The van der Waals surface area contributed by atoms with Gasteiger partial charge in [0.2, 0.25) is 5.91 Å². The van der Waals surface area contributed by atoms with E-state index in [1.165, 1.54) is 6.07 Å². The highest BCUT2D eigenvalue weighted by Crippen LogP contribution is 2.13. The van der Waals surface area contributed by atoms with Crippen molar-refractivity contribution < 1.29 is 18.7 Å². The van der Waals surface area contributed by atoms with Crippen molar-refractivity contribution in [2.75, 3.05) is 26.8 Å². The lowest BCUT2D eigenvalue weighted by atomic mass is 10.4. The number of carbonyl (C=O) groups is 2. The lowest BCUT2D eigenvalue weighted by Crippen LogP contribution is -2.37. The third kappa shape index (κ3) is 5.33. The van der Waals surface area contributed by atoms with E-state index in [1.807, 2.05) is 0 Å². The molecule has 0 aromatic carbocycles. The van der Waals surface area contributed by atoms with E-state index in [0.717, 1.165) is 6.42 Å². The van der Waals surface area contributed by atoms with E-state index in [4.69, 9.17) is 9.15 Å². The second-order valence-electron chi connectivity index (χ2n) is 3.48. The van der Waals surface area contributed by atoms with Crippen molar-refractivity contribution in [3.05, 3.63) is 22.6 Å². The first-order chi connectivity index (χ1) is 8.63. The van der Waals surface area contributed by atoms with Crippen LogP contribution >= 0.6 is 15.9 Å². The molecule has 18 heavy (non-hydrogen) atoms. The SMILES string of the molecule is COCCCNC(=O)CNC(=O)c1ccc(Br)o1. The van der Waals surface area contributed by atoms with Gasteiger partial charge in [-0.2, -0.15) is 0 Å². The summed E-state index contributed by atoms with van der Waals surface area (Å²) in [5.74, 6) is -0.508. The molecule has 1 heterocycles. The van der Waals surface area contributed by atoms with E-state index in [1.54, 1.807) is 13.2 Å². The minimum absolute atomic E-state index is 0.0792. The molecular weight excluding hydrogens is 304 g/mol. The molecule has 0 bridgehead atoms. The highest BCUT2D eigenvalue weighted by atomic mass is 79.9. The number of methoxy groups -OCH3 is 1. The molecule has 100 valence electrons. The molecule has 6 nitrogen and oxygen atoms in total. The van der Waals surface area contributed by atoms with Gasteiger partial charge < -0.3 is 19.8 Å². The Hall–Kier alpha value is -1.34. The van der Waals surface area contributed by atoms with Gasteiger partial charge in [-0.25, -0.2) is 0 Å². The van der Waals surface area contributed by atoms with Crippen LogP contribution < -0.4 is 10.6 Å². The quantitative estimate of drug-likeness (QED) is 0.733. The van der Waals surface area contributed by atoms with Crippen LogP contribution in [0.15, 0.2) is 21.2 Å². The van der Waals surface area contributed by atoms with E-state index in [2.05, 4.69) is 26.6 Å². The van der Waals surface area contributed by atoms with Gasteiger partial charge in [0.1, 0.15) is 0 Å². The Morgan fingerprint density at radius 3 is 2.78 bits per heavy atom. The minimum atomic E-state index is -0.423. The lowest BCUT2D eigenvalue weighted by molar-refractivity contribution is -0.120. The zero-order valence-corrected chi connectivity index (χ0v) is 11.6. The molecule has 7 heteroatoms. The number of hydrogen-bond acceptors (Lipinski definition) is 4. The largest absolute Gasteiger partial charge is 0.444 e. The van der Waals surface area contributed by atoms with E-state index in [0.29, 0.717) is 17.8 Å². The first-order valence-corrected chi connectivity index (χ1v) is 6.22. The number of carbonyl (C=O) groups excluding carboxylic acids is 2. The predicted octanol–water partition coefficient (Wildman–Crippen LogP) is 0.925. The molecule has 1 rings (SSSR count). The molecule has 0 aliphatic heterocycles. The van der Waals surface area contributed by atoms with Crippen molar-refractivity contribution in [3.63, 3.8) is 0 Å². The zero-order chi connectivity index (χ0) is 13.4. The summed E-state index contributed by atoms with van der Waals surface area (Å²) in [5.41, 5.74) is 0. The van der Waals surface area contributed by atoms with Gasteiger partial charge in [-0.3, -0.25) is 9.59 Å². The van der Waals surface area contributed by atoms with Crippen molar-refractivity contribution in [2.45, 2.75) is 6.42 Å². The van der Waals surface area contributed by atoms with E-state index in [9.17, 15) is 9.59 Å². The average Bonchev–Trinajstić information content (AvgIpc) is 2.78. The Bertz CT molecular complexity index is 406. The van der Waals surface area contributed by atoms with Gasteiger partial charge in [0.05, 0.1) is 6.54 Å². The molecule has 1 aromatic rings. The van der Waals surface area contributed by atoms with Gasteiger partial charge in [0.15, 0.2) is 10.4 Å². The second kappa shape index (κ2) is 7.88. The van der Waals surface area contributed by atoms with Crippen LogP contribution in [0.5, 0.6) is 0 Å². The van der Waals surface area contributed by atoms with Crippen molar-refractivity contribution in [3.8, 4) is 0 Å². The van der Waals surface area contributed by atoms with E-state index >= 15 is 0 Å². The Kier molecular flexibility index (Phi) is 6.45. The van der Waals surface area contributed by atoms with Crippen LogP contribution in [0.2, 0.25) is 0 Å². The summed E-state index contributed by atoms with van der Waals surface area (Å²) in [6, 6.07) is 3.13. The molecule has 0 atom stereocenters. The molecule has 0 aliphatic carbocycles. The fourth-order valence-corrected chi connectivity index (χ4v) is 1.50. The highest BCUT2D eigenvalue weighted by molar-refractivity contribution is 9.10. The topological polar surface area (TPSA) is 80.6 Å². The molecule has 0 unspecified atom stereocenters. The standard InChI is InChI=1S/C11H15BrN2O4/c1-17-6-2-5-13-10(15)7-14-11(16)8-3-4-9(12)18-8/h3-4H,2,5-7H2,1H3,(H,13,15)(H,14,16). The number of hydrogen-bond donors (Lipinski definition) is 2. The Morgan fingerprint density at radius 1 is 1.39 bits per heavy atom. The first kappa shape index (κ1) is 14.7. The molecule has 0 radical (unpaired) electrons. The predicted molar refractivity (Wildman–Crippen MR) is 68.2 cm³/mol. The molecule has 0 saturated carbocycles. The maximum absolute atomic E-state index is 11.5. The van der Waals surface area contributed by atoms with Crippen LogP contribution in [0.25, 0.3) is 0 Å². The van der Waals surface area contributed by atoms with Gasteiger partial charge in [0, 0.05) is 20.3 Å². The summed E-state index contributed by atoms with van der Waals surface area (Å²) in [7, 11) is 1.60. The van der Waals surface area contributed by atoms with Crippen molar-refractivity contribution in [1.82, 2.24) is 10.6 Å². The van der Waals surface area contributed by atoms with Gasteiger partial charge in [-0.05, 0) is 34.5 Å². The van der Waals surface area contributed by atoms with Crippen LogP contribution in [0, 0.1) is 0 Å². The third-order valence-electron chi connectivity index (χ3n) is 2.05. The smallest absolute Gasteiger partial charge is 0.287 e. The Morgan fingerprint density at radius 2 is 2.17 bits per heavy atom. The Labute approximate surface area is 113 Å². The molecule has 2 amide bonds. The van der Waals surface area contributed by atoms with Crippen molar-refractivity contribution in [2.24, 2.45) is 0 Å². The summed E-state index contributed by atoms with van der Waals surface area (Å²) in [6.45, 7) is 1.03. The number of nitrogens with one attached hydrogen (secondary N) is 2. The molecule has 1 aromatic heterocycles. The first-order valence-electron chi connectivity index (χ1n) is 5.42. The van der Waals surface area contributed by atoms with Crippen molar-refractivity contribution in [1.29, 1.82) is 0 Å². The molecule has 0 saturated heterocycles. The normalized spacial score (nSPS) is 10.1. The molecule has 0 spiro atoms. The van der Waals surface area contributed by atoms with Crippen LogP contribution in [-0.4, -0.2) is 38.6 Å². The summed E-state index contributed by atoms with van der Waals surface area (Å²) in [6.07, 6.45) is 0.737. The average molecular weight is 319 g/mol. The number of halogens is 1. The van der Waals surface area contributed by atoms with Gasteiger partial charge in [-0.1, -0.05) is 0 Å². The number of rotatable bonds is 7. The lowest BCUT2D eigenvalue weighted by Gasteiger charge is -2.05. The van der Waals surface area contributed by atoms with Gasteiger partial charge >= 0.3 is 0 Å². The third-order valence-corrected chi connectivity index (χ3v) is 2.48. The fourth-order valence-electron chi connectivity index (χ4n) is 1.19. The summed E-state index contributed by atoms with van der Waals surface area (Å²) >= 11 is 3.09. The monoisotopic (exact) mass is 318 g/mol. The van der Waals surface area contributed by atoms with Crippen LogP contribution in [0.3, 0.4) is 0 Å². The summed E-state index contributed by atoms with van der Waals surface area (Å²) in [4.78, 5) is 22.9. The van der Waals surface area contributed by atoms with Crippen molar-refractivity contribution >= 4 is 27.7 Å². The van der Waals surface area contributed by atoms with E-state index in [-0.39, 0.29) is 18.2 Å². The fraction of sp³-hybridized carbons (Fsp3) is 0.455. The van der Waals surface area contributed by atoms with E-state index < -0.39 is 5.91 Å². The summed E-state index contributed by atoms with van der Waals surface area (Å²) < 4.78 is 10.4. The maximum atomic E-state index is 11.5. The van der Waals surface area contributed by atoms with Gasteiger partial charge in [-0.15, -0.1) is 0 Å². The number of amides is 2. The number of furan rings is 1. The van der Waals surface area contributed by atoms with Crippen LogP contribution in [-0.2, 0) is 9.53 Å². The zero-order valence-electron chi connectivity index (χ0n) is 9.99. The molecular formula is C11H15BrN2O4. The molecule has 0 aliphatic rings. The van der Waals surface area contributed by atoms with Gasteiger partial charge in [0.25, 0.3) is 5.91 Å². The second-order valence-corrected chi connectivity index (χ2v) is 4.26. The van der Waals surface area contributed by atoms with Crippen LogP contribution in [0.4, 0.5) is 0 Å². The Balaban J connectivity index is 2.20. The minimum Gasteiger partial charge on any atom is -0.444 e. The summed E-state index contributed by atoms with van der Waals surface area (Å²) in [5, 5.41) is 5.11. The maximum Gasteiger partial charge on any atom is 0.287 e. The van der Waals surface area contributed by atoms with Crippen LogP contribution in [0.1, 0.15) is 17.0 Å². The highest BCUT2D eigenvalue weighted by Gasteiger charge is 2.11.